The largest absolute Gasteiger partial charge is 0.340 e. The first-order valence-corrected chi connectivity index (χ1v) is 11.4. The van der Waals surface area contributed by atoms with E-state index in [0.29, 0.717) is 5.91 Å². The molecule has 1 aromatic heterocycles. The van der Waals surface area contributed by atoms with E-state index < -0.39 is 0 Å². The molecule has 0 bridgehead atoms. The Kier molecular flexibility index (Phi) is 5.83. The van der Waals surface area contributed by atoms with Gasteiger partial charge in [-0.3, -0.25) is 9.59 Å². The lowest BCUT2D eigenvalue weighted by atomic mass is 9.87. The van der Waals surface area contributed by atoms with Crippen LogP contribution in [0.1, 0.15) is 52.7 Å². The first-order chi connectivity index (χ1) is 13.2. The van der Waals surface area contributed by atoms with Gasteiger partial charge in [-0.1, -0.05) is 6.92 Å². The molecular weight excluding hydrogens is 358 g/mol. The standard InChI is InChI=1S/C21H31N3O2S/c1-2-22-10-12-24(13-11-22)20(25)16-6-7-18-17(14-16)15-19(27-18)21(26)23-8-4-3-5-9-23/h15-16H,2-14H2,1H3. The zero-order valence-corrected chi connectivity index (χ0v) is 17.2. The van der Waals surface area contributed by atoms with E-state index in [9.17, 15) is 9.59 Å². The minimum Gasteiger partial charge on any atom is -0.340 e. The van der Waals surface area contributed by atoms with Crippen molar-refractivity contribution in [3.63, 3.8) is 0 Å². The second kappa shape index (κ2) is 8.31. The maximum atomic E-state index is 13.0. The Bertz CT molecular complexity index is 688. The summed E-state index contributed by atoms with van der Waals surface area (Å²) >= 11 is 1.67. The molecular formula is C21H31N3O2S. The van der Waals surface area contributed by atoms with E-state index in [1.807, 2.05) is 4.90 Å². The van der Waals surface area contributed by atoms with Crippen LogP contribution in [0.5, 0.6) is 0 Å². The van der Waals surface area contributed by atoms with E-state index >= 15 is 0 Å². The molecule has 2 fully saturated rings. The zero-order chi connectivity index (χ0) is 18.8. The van der Waals surface area contributed by atoms with Crippen LogP contribution >= 0.6 is 11.3 Å². The summed E-state index contributed by atoms with van der Waals surface area (Å²) < 4.78 is 0. The molecule has 1 aliphatic carbocycles. The van der Waals surface area contributed by atoms with Crippen molar-refractivity contribution in [2.75, 3.05) is 45.8 Å². The molecule has 0 saturated carbocycles. The fourth-order valence-electron chi connectivity index (χ4n) is 4.64. The average molecular weight is 390 g/mol. The van der Waals surface area contributed by atoms with Crippen LogP contribution in [0.2, 0.25) is 0 Å². The lowest BCUT2D eigenvalue weighted by Gasteiger charge is -2.36. The third-order valence-electron chi connectivity index (χ3n) is 6.42. The van der Waals surface area contributed by atoms with Gasteiger partial charge in [0.1, 0.15) is 0 Å². The molecule has 4 rings (SSSR count). The van der Waals surface area contributed by atoms with Gasteiger partial charge >= 0.3 is 0 Å². The van der Waals surface area contributed by atoms with Crippen molar-refractivity contribution in [3.05, 3.63) is 21.4 Å². The molecule has 0 radical (unpaired) electrons. The van der Waals surface area contributed by atoms with Crippen molar-refractivity contribution >= 4 is 23.2 Å². The fourth-order valence-corrected chi connectivity index (χ4v) is 5.81. The number of hydrogen-bond acceptors (Lipinski definition) is 4. The highest BCUT2D eigenvalue weighted by atomic mass is 32.1. The topological polar surface area (TPSA) is 43.9 Å². The third kappa shape index (κ3) is 4.06. The van der Waals surface area contributed by atoms with Gasteiger partial charge in [0.2, 0.25) is 5.91 Å². The highest BCUT2D eigenvalue weighted by Gasteiger charge is 2.32. The number of amides is 2. The van der Waals surface area contributed by atoms with Gasteiger partial charge in [-0.25, -0.2) is 0 Å². The maximum Gasteiger partial charge on any atom is 0.263 e. The van der Waals surface area contributed by atoms with E-state index in [-0.39, 0.29) is 11.8 Å². The molecule has 0 N–H and O–H groups in total. The molecule has 1 unspecified atom stereocenters. The van der Waals surface area contributed by atoms with Crippen LogP contribution in [0, 0.1) is 5.92 Å². The predicted molar refractivity (Wildman–Crippen MR) is 108 cm³/mol. The summed E-state index contributed by atoms with van der Waals surface area (Å²) in [5, 5.41) is 0. The number of carbonyl (C=O) groups is 2. The van der Waals surface area contributed by atoms with E-state index in [0.717, 1.165) is 82.8 Å². The Labute approximate surface area is 166 Å². The van der Waals surface area contributed by atoms with Gasteiger partial charge < -0.3 is 14.7 Å². The van der Waals surface area contributed by atoms with Crippen LogP contribution < -0.4 is 0 Å². The lowest BCUT2D eigenvalue weighted by Crippen LogP contribution is -2.50. The Hall–Kier alpha value is -1.40. The number of piperidine rings is 1. The number of piperazine rings is 1. The maximum absolute atomic E-state index is 13.0. The van der Waals surface area contributed by atoms with Gasteiger partial charge in [0.25, 0.3) is 5.91 Å². The monoisotopic (exact) mass is 389 g/mol. The molecule has 3 heterocycles. The van der Waals surface area contributed by atoms with Crippen molar-refractivity contribution in [3.8, 4) is 0 Å². The van der Waals surface area contributed by atoms with Crippen molar-refractivity contribution < 1.29 is 9.59 Å². The Morgan fingerprint density at radius 1 is 1.04 bits per heavy atom. The van der Waals surface area contributed by atoms with E-state index in [4.69, 9.17) is 0 Å². The highest BCUT2D eigenvalue weighted by molar-refractivity contribution is 7.14. The van der Waals surface area contributed by atoms with Crippen molar-refractivity contribution in [2.45, 2.75) is 45.4 Å². The lowest BCUT2D eigenvalue weighted by molar-refractivity contribution is -0.137. The molecule has 0 aromatic carbocycles. The summed E-state index contributed by atoms with van der Waals surface area (Å²) in [7, 11) is 0. The Balaban J connectivity index is 1.39. The molecule has 148 valence electrons. The van der Waals surface area contributed by atoms with E-state index in [1.54, 1.807) is 11.3 Å². The van der Waals surface area contributed by atoms with Crippen LogP contribution in [0.25, 0.3) is 0 Å². The van der Waals surface area contributed by atoms with Gasteiger partial charge in [0, 0.05) is 50.1 Å². The molecule has 27 heavy (non-hydrogen) atoms. The van der Waals surface area contributed by atoms with E-state index in [1.165, 1.54) is 16.9 Å². The predicted octanol–water partition coefficient (Wildman–Crippen LogP) is 2.64. The summed E-state index contributed by atoms with van der Waals surface area (Å²) in [4.78, 5) is 34.5. The first kappa shape index (κ1) is 18.9. The summed E-state index contributed by atoms with van der Waals surface area (Å²) in [6.45, 7) is 8.74. The van der Waals surface area contributed by atoms with E-state index in [2.05, 4.69) is 22.8 Å². The minimum atomic E-state index is 0.0956. The second-order valence-corrected chi connectivity index (χ2v) is 9.25. The number of hydrogen-bond donors (Lipinski definition) is 0. The molecule has 1 atom stereocenters. The van der Waals surface area contributed by atoms with Crippen molar-refractivity contribution in [2.24, 2.45) is 5.92 Å². The number of aryl methyl sites for hydroxylation is 1. The number of carbonyl (C=O) groups excluding carboxylic acids is 2. The van der Waals surface area contributed by atoms with Crippen molar-refractivity contribution in [1.82, 2.24) is 14.7 Å². The molecule has 2 saturated heterocycles. The number of fused-ring (bicyclic) bond motifs is 1. The summed E-state index contributed by atoms with van der Waals surface area (Å²) in [5.41, 5.74) is 1.25. The summed E-state index contributed by atoms with van der Waals surface area (Å²) in [6.07, 6.45) is 6.17. The number of rotatable bonds is 3. The van der Waals surface area contributed by atoms with Gasteiger partial charge in [-0.15, -0.1) is 11.3 Å². The fraction of sp³-hybridized carbons (Fsp3) is 0.714. The number of nitrogens with zero attached hydrogens (tertiary/aromatic N) is 3. The molecule has 5 nitrogen and oxygen atoms in total. The number of thiophene rings is 1. The normalized spacial score (nSPS) is 24.0. The quantitative estimate of drug-likeness (QED) is 0.798. The van der Waals surface area contributed by atoms with Crippen LogP contribution in [0.4, 0.5) is 0 Å². The number of likely N-dealkylation sites (N-methyl/N-ethyl adjacent to an activating group) is 1. The molecule has 2 amide bonds. The van der Waals surface area contributed by atoms with Crippen molar-refractivity contribution in [1.29, 1.82) is 0 Å². The van der Waals surface area contributed by atoms with Crippen LogP contribution in [-0.4, -0.2) is 72.3 Å². The second-order valence-electron chi connectivity index (χ2n) is 8.11. The molecule has 6 heteroatoms. The Morgan fingerprint density at radius 2 is 1.78 bits per heavy atom. The Morgan fingerprint density at radius 3 is 2.48 bits per heavy atom. The molecule has 2 aliphatic heterocycles. The van der Waals surface area contributed by atoms with Gasteiger partial charge in [-0.05, 0) is 56.7 Å². The summed E-state index contributed by atoms with van der Waals surface area (Å²) in [5.74, 6) is 0.623. The van der Waals surface area contributed by atoms with Gasteiger partial charge in [-0.2, -0.15) is 0 Å². The van der Waals surface area contributed by atoms with Gasteiger partial charge in [0.15, 0.2) is 0 Å². The third-order valence-corrected chi connectivity index (χ3v) is 7.64. The van der Waals surface area contributed by atoms with Gasteiger partial charge in [0.05, 0.1) is 4.88 Å². The summed E-state index contributed by atoms with van der Waals surface area (Å²) in [6, 6.07) is 2.09. The zero-order valence-electron chi connectivity index (χ0n) is 16.4. The SMILES string of the molecule is CCN1CCN(C(=O)C2CCc3sc(C(=O)N4CCCCC4)cc3C2)CC1. The number of likely N-dealkylation sites (tertiary alicyclic amines) is 1. The minimum absolute atomic E-state index is 0.0956. The molecule has 0 spiro atoms. The highest BCUT2D eigenvalue weighted by Crippen LogP contribution is 2.34. The first-order valence-electron chi connectivity index (χ1n) is 10.6. The van der Waals surface area contributed by atoms with Crippen LogP contribution in [-0.2, 0) is 17.6 Å². The smallest absolute Gasteiger partial charge is 0.263 e. The van der Waals surface area contributed by atoms with Crippen LogP contribution in [0.15, 0.2) is 6.07 Å². The average Bonchev–Trinajstić information content (AvgIpc) is 3.16. The van der Waals surface area contributed by atoms with Crippen LogP contribution in [0.3, 0.4) is 0 Å². The molecule has 3 aliphatic rings. The molecule has 1 aromatic rings.